The van der Waals surface area contributed by atoms with Crippen LogP contribution in [0.25, 0.3) is 11.0 Å². The third-order valence-electron chi connectivity index (χ3n) is 5.78. The highest BCUT2D eigenvalue weighted by molar-refractivity contribution is 5.99. The van der Waals surface area contributed by atoms with Crippen molar-refractivity contribution >= 4 is 16.9 Å². The smallest absolute Gasteiger partial charge is 0.291 e. The van der Waals surface area contributed by atoms with Gasteiger partial charge in [0.05, 0.1) is 17.0 Å². The highest BCUT2D eigenvalue weighted by Gasteiger charge is 2.42. The molecule has 154 valence electrons. The van der Waals surface area contributed by atoms with Gasteiger partial charge in [-0.3, -0.25) is 9.59 Å². The number of rotatable bonds is 3. The molecule has 0 fully saturated rings. The number of benzene rings is 3. The maximum Gasteiger partial charge on any atom is 0.291 e. The summed E-state index contributed by atoms with van der Waals surface area (Å²) in [6.45, 7) is 4.13. The van der Waals surface area contributed by atoms with E-state index >= 15 is 0 Å². The molecule has 1 aliphatic heterocycles. The topological polar surface area (TPSA) is 50.5 Å². The summed E-state index contributed by atoms with van der Waals surface area (Å²) >= 11 is 0. The lowest BCUT2D eigenvalue weighted by Gasteiger charge is -2.25. The maximum atomic E-state index is 13.5. The number of aryl methyl sites for hydroxylation is 2. The molecule has 1 aliphatic rings. The number of halogens is 1. The van der Waals surface area contributed by atoms with Crippen LogP contribution in [0.2, 0.25) is 0 Å². The largest absolute Gasteiger partial charge is 0.450 e. The molecule has 0 saturated carbocycles. The molecule has 1 amide bonds. The standard InChI is InChI=1S/C26H20FNO3/c1-15-3-8-18(9-4-15)23-22-24(29)20-13-16(2)5-12-21(20)31-25(22)26(30)28(23)14-17-6-10-19(27)11-7-17/h3-13,23H,14H2,1-2H3. The van der Waals surface area contributed by atoms with Crippen molar-refractivity contribution in [2.45, 2.75) is 26.4 Å². The summed E-state index contributed by atoms with van der Waals surface area (Å²) in [4.78, 5) is 28.5. The zero-order valence-corrected chi connectivity index (χ0v) is 17.2. The van der Waals surface area contributed by atoms with E-state index < -0.39 is 6.04 Å². The molecule has 1 unspecified atom stereocenters. The second-order valence-electron chi connectivity index (χ2n) is 8.05. The first-order valence-corrected chi connectivity index (χ1v) is 10.1. The molecule has 3 aromatic carbocycles. The van der Waals surface area contributed by atoms with E-state index in [1.165, 1.54) is 12.1 Å². The van der Waals surface area contributed by atoms with E-state index in [4.69, 9.17) is 4.42 Å². The van der Waals surface area contributed by atoms with Crippen molar-refractivity contribution in [3.05, 3.63) is 116 Å². The molecule has 4 aromatic rings. The van der Waals surface area contributed by atoms with Crippen LogP contribution in [0, 0.1) is 19.7 Å². The third kappa shape index (κ3) is 3.22. The minimum atomic E-state index is -0.575. The minimum Gasteiger partial charge on any atom is -0.450 e. The Bertz CT molecular complexity index is 1370. The van der Waals surface area contributed by atoms with Gasteiger partial charge in [0, 0.05) is 6.54 Å². The Morgan fingerprint density at radius 1 is 0.903 bits per heavy atom. The first kappa shape index (κ1) is 19.2. The number of hydrogen-bond donors (Lipinski definition) is 0. The summed E-state index contributed by atoms with van der Waals surface area (Å²) in [6.07, 6.45) is 0. The molecule has 31 heavy (non-hydrogen) atoms. The fraction of sp³-hybridized carbons (Fsp3) is 0.154. The van der Waals surface area contributed by atoms with E-state index in [0.29, 0.717) is 16.5 Å². The predicted molar refractivity (Wildman–Crippen MR) is 117 cm³/mol. The first-order valence-electron chi connectivity index (χ1n) is 10.1. The Kier molecular flexibility index (Phi) is 4.47. The number of amides is 1. The number of hydrogen-bond acceptors (Lipinski definition) is 3. The van der Waals surface area contributed by atoms with Gasteiger partial charge in [0.25, 0.3) is 5.91 Å². The van der Waals surface area contributed by atoms with E-state index in [2.05, 4.69) is 0 Å². The van der Waals surface area contributed by atoms with Crippen LogP contribution in [0.1, 0.15) is 44.4 Å². The quantitative estimate of drug-likeness (QED) is 0.458. The fourth-order valence-corrected chi connectivity index (χ4v) is 4.18. The Morgan fingerprint density at radius 3 is 2.29 bits per heavy atom. The molecular weight excluding hydrogens is 393 g/mol. The van der Waals surface area contributed by atoms with Gasteiger partial charge < -0.3 is 9.32 Å². The van der Waals surface area contributed by atoms with Gasteiger partial charge in [0.1, 0.15) is 11.4 Å². The zero-order valence-electron chi connectivity index (χ0n) is 17.2. The van der Waals surface area contributed by atoms with E-state index in [9.17, 15) is 14.0 Å². The first-order chi connectivity index (χ1) is 14.9. The monoisotopic (exact) mass is 413 g/mol. The van der Waals surface area contributed by atoms with Crippen LogP contribution in [0.4, 0.5) is 4.39 Å². The number of carbonyl (C=O) groups excluding carboxylic acids is 1. The lowest BCUT2D eigenvalue weighted by Crippen LogP contribution is -2.29. The van der Waals surface area contributed by atoms with Crippen LogP contribution in [0.5, 0.6) is 0 Å². The summed E-state index contributed by atoms with van der Waals surface area (Å²) in [7, 11) is 0. The van der Waals surface area contributed by atoms with Crippen LogP contribution < -0.4 is 5.43 Å². The lowest BCUT2D eigenvalue weighted by molar-refractivity contribution is 0.0714. The summed E-state index contributed by atoms with van der Waals surface area (Å²) in [5.74, 6) is -0.605. The van der Waals surface area contributed by atoms with Gasteiger partial charge in [-0.2, -0.15) is 0 Å². The number of nitrogens with zero attached hydrogens (tertiary/aromatic N) is 1. The summed E-state index contributed by atoms with van der Waals surface area (Å²) in [6, 6.07) is 18.6. The second kappa shape index (κ2) is 7.20. The van der Waals surface area contributed by atoms with Gasteiger partial charge >= 0.3 is 0 Å². The van der Waals surface area contributed by atoms with Crippen LogP contribution in [-0.2, 0) is 6.54 Å². The van der Waals surface area contributed by atoms with Crippen molar-refractivity contribution in [2.24, 2.45) is 0 Å². The molecule has 0 spiro atoms. The van der Waals surface area contributed by atoms with Crippen molar-refractivity contribution in [3.8, 4) is 0 Å². The van der Waals surface area contributed by atoms with Gasteiger partial charge in [-0.05, 0) is 49.2 Å². The number of carbonyl (C=O) groups is 1. The van der Waals surface area contributed by atoms with Gasteiger partial charge in [0.2, 0.25) is 5.76 Å². The highest BCUT2D eigenvalue weighted by atomic mass is 19.1. The Hall–Kier alpha value is -3.73. The normalized spacial score (nSPS) is 15.5. The van der Waals surface area contributed by atoms with Crippen LogP contribution in [0.15, 0.2) is 75.9 Å². The molecular formula is C26H20FNO3. The van der Waals surface area contributed by atoms with E-state index in [1.807, 2.05) is 44.2 Å². The minimum absolute atomic E-state index is 0.0778. The van der Waals surface area contributed by atoms with E-state index in [0.717, 1.165) is 22.3 Å². The fourth-order valence-electron chi connectivity index (χ4n) is 4.18. The molecule has 5 heteroatoms. The highest BCUT2D eigenvalue weighted by Crippen LogP contribution is 2.39. The average molecular weight is 413 g/mol. The SMILES string of the molecule is Cc1ccc(C2c3c(oc4ccc(C)cc4c3=O)C(=O)N2Cc2ccc(F)cc2)cc1. The van der Waals surface area contributed by atoms with Gasteiger partial charge in [0.15, 0.2) is 5.43 Å². The molecule has 1 aromatic heterocycles. The Balaban J connectivity index is 1.72. The third-order valence-corrected chi connectivity index (χ3v) is 5.78. The molecule has 2 heterocycles. The van der Waals surface area contributed by atoms with Gasteiger partial charge in [-0.25, -0.2) is 4.39 Å². The van der Waals surface area contributed by atoms with Crippen molar-refractivity contribution in [1.29, 1.82) is 0 Å². The molecule has 0 bridgehead atoms. The van der Waals surface area contributed by atoms with Crippen LogP contribution in [-0.4, -0.2) is 10.8 Å². The molecule has 1 atom stereocenters. The Morgan fingerprint density at radius 2 is 1.58 bits per heavy atom. The lowest BCUT2D eigenvalue weighted by atomic mass is 9.97. The van der Waals surface area contributed by atoms with Crippen molar-refractivity contribution in [3.63, 3.8) is 0 Å². The average Bonchev–Trinajstić information content (AvgIpc) is 3.03. The summed E-state index contributed by atoms with van der Waals surface area (Å²) in [5, 5.41) is 0.465. The van der Waals surface area contributed by atoms with Crippen molar-refractivity contribution in [1.82, 2.24) is 4.90 Å². The molecule has 0 aliphatic carbocycles. The predicted octanol–water partition coefficient (Wildman–Crippen LogP) is 5.29. The molecule has 4 nitrogen and oxygen atoms in total. The second-order valence-corrected chi connectivity index (χ2v) is 8.05. The maximum absolute atomic E-state index is 13.5. The molecule has 0 saturated heterocycles. The van der Waals surface area contributed by atoms with Gasteiger partial charge in [-0.1, -0.05) is 53.6 Å². The molecule has 0 N–H and O–H groups in total. The summed E-state index contributed by atoms with van der Waals surface area (Å²) < 4.78 is 19.3. The van der Waals surface area contributed by atoms with Crippen LogP contribution in [0.3, 0.4) is 0 Å². The van der Waals surface area contributed by atoms with Crippen molar-refractivity contribution < 1.29 is 13.6 Å². The molecule has 0 radical (unpaired) electrons. The summed E-state index contributed by atoms with van der Waals surface area (Å²) in [5.41, 5.74) is 4.19. The van der Waals surface area contributed by atoms with Gasteiger partial charge in [-0.15, -0.1) is 0 Å². The number of fused-ring (bicyclic) bond motifs is 2. The Labute approximate surface area is 178 Å². The van der Waals surface area contributed by atoms with Crippen LogP contribution >= 0.6 is 0 Å². The van der Waals surface area contributed by atoms with E-state index in [-0.39, 0.29) is 29.5 Å². The molecule has 5 rings (SSSR count). The van der Waals surface area contributed by atoms with Crippen molar-refractivity contribution in [2.75, 3.05) is 0 Å². The van der Waals surface area contributed by atoms with E-state index in [1.54, 1.807) is 29.2 Å². The zero-order chi connectivity index (χ0) is 21.7.